The molecule has 0 fully saturated rings. The molecule has 3 N–H and O–H groups in total. The molecule has 0 aliphatic rings. The number of aliphatic hydroxyl groups excluding tert-OH is 1. The van der Waals surface area contributed by atoms with Crippen molar-refractivity contribution in [3.8, 4) is 0 Å². The van der Waals surface area contributed by atoms with Crippen LogP contribution in [0.4, 0.5) is 30.7 Å². The van der Waals surface area contributed by atoms with Gasteiger partial charge in [-0.25, -0.2) is 4.39 Å². The zero-order valence-corrected chi connectivity index (χ0v) is 10.7. The predicted molar refractivity (Wildman–Crippen MR) is 59.6 cm³/mol. The Hall–Kier alpha value is -1.35. The van der Waals surface area contributed by atoms with E-state index in [0.29, 0.717) is 0 Å². The smallest absolute Gasteiger partial charge is 0.391 e. The lowest BCUT2D eigenvalue weighted by molar-refractivity contribution is -0.144. The van der Waals surface area contributed by atoms with E-state index in [1.807, 2.05) is 0 Å². The number of alkyl halides is 6. The Morgan fingerprint density at radius 1 is 1.10 bits per heavy atom. The molecule has 2 nitrogen and oxygen atoms in total. The monoisotopic (exact) mass is 319 g/mol. The maximum atomic E-state index is 13.7. The topological polar surface area (TPSA) is 46.2 Å². The van der Waals surface area contributed by atoms with Gasteiger partial charge < -0.3 is 10.8 Å². The van der Waals surface area contributed by atoms with E-state index in [-0.39, 0.29) is 18.6 Å². The van der Waals surface area contributed by atoms with Crippen LogP contribution in [-0.2, 0) is 12.4 Å². The summed E-state index contributed by atoms with van der Waals surface area (Å²) in [6, 6.07) is -2.05. The van der Waals surface area contributed by atoms with E-state index in [2.05, 4.69) is 0 Å². The number of rotatable bonds is 3. The third-order valence-corrected chi connectivity index (χ3v) is 2.93. The molecule has 0 radical (unpaired) electrons. The molecule has 120 valence electrons. The average molecular weight is 319 g/mol. The standard InChI is InChI=1S/C12H12F7NO/c1-2-8(21)10(20)9-6(12(17,18)19)3-5(4-7(9)13)11(14,15)16/h3-4,8,10,21H,2,20H2,1H3/t8-,10-/m0/s1. The molecule has 0 amide bonds. The first kappa shape index (κ1) is 17.7. The van der Waals surface area contributed by atoms with Crippen molar-refractivity contribution in [2.75, 3.05) is 0 Å². The Labute approximate surface area is 115 Å². The summed E-state index contributed by atoms with van der Waals surface area (Å²) in [6.45, 7) is 1.39. The zero-order valence-electron chi connectivity index (χ0n) is 10.7. The van der Waals surface area contributed by atoms with Crippen molar-refractivity contribution in [3.05, 3.63) is 34.6 Å². The summed E-state index contributed by atoms with van der Waals surface area (Å²) in [7, 11) is 0. The number of benzene rings is 1. The number of aliphatic hydroxyl groups is 1. The largest absolute Gasteiger partial charge is 0.416 e. The Morgan fingerprint density at radius 3 is 2.00 bits per heavy atom. The van der Waals surface area contributed by atoms with Crippen LogP contribution in [0, 0.1) is 5.82 Å². The minimum Gasteiger partial charge on any atom is -0.391 e. The normalized spacial score (nSPS) is 15.9. The second kappa shape index (κ2) is 5.80. The molecule has 0 saturated heterocycles. The van der Waals surface area contributed by atoms with Crippen molar-refractivity contribution >= 4 is 0 Å². The Bertz CT molecular complexity index is 510. The molecule has 21 heavy (non-hydrogen) atoms. The molecule has 0 saturated carbocycles. The van der Waals surface area contributed by atoms with E-state index >= 15 is 0 Å². The van der Waals surface area contributed by atoms with Gasteiger partial charge in [-0.15, -0.1) is 0 Å². The zero-order chi connectivity index (χ0) is 16.6. The third-order valence-electron chi connectivity index (χ3n) is 2.93. The van der Waals surface area contributed by atoms with Crippen molar-refractivity contribution in [1.82, 2.24) is 0 Å². The summed E-state index contributed by atoms with van der Waals surface area (Å²) in [6.07, 6.45) is -12.0. The highest BCUT2D eigenvalue weighted by atomic mass is 19.4. The first-order chi connectivity index (χ1) is 9.39. The van der Waals surface area contributed by atoms with Gasteiger partial charge >= 0.3 is 12.4 Å². The molecule has 0 spiro atoms. The van der Waals surface area contributed by atoms with Gasteiger partial charge in [0.25, 0.3) is 0 Å². The Kier molecular flexibility index (Phi) is 4.89. The molecular weight excluding hydrogens is 307 g/mol. The average Bonchev–Trinajstić information content (AvgIpc) is 2.33. The van der Waals surface area contributed by atoms with Gasteiger partial charge in [0.1, 0.15) is 5.82 Å². The minimum absolute atomic E-state index is 0.0627. The van der Waals surface area contributed by atoms with E-state index in [4.69, 9.17) is 5.73 Å². The van der Waals surface area contributed by atoms with E-state index in [1.165, 1.54) is 6.92 Å². The molecule has 1 aromatic rings. The number of hydrogen-bond donors (Lipinski definition) is 2. The molecule has 1 aromatic carbocycles. The quantitative estimate of drug-likeness (QED) is 0.836. The molecule has 2 atom stereocenters. The van der Waals surface area contributed by atoms with Gasteiger partial charge in [-0.05, 0) is 18.6 Å². The molecule has 0 bridgehead atoms. The fourth-order valence-corrected chi connectivity index (χ4v) is 1.80. The summed E-state index contributed by atoms with van der Waals surface area (Å²) in [4.78, 5) is 0. The van der Waals surface area contributed by atoms with Crippen LogP contribution in [0.3, 0.4) is 0 Å². The van der Waals surface area contributed by atoms with Crippen LogP contribution < -0.4 is 5.73 Å². The number of hydrogen-bond acceptors (Lipinski definition) is 2. The summed E-state index contributed by atoms with van der Waals surface area (Å²) in [5, 5.41) is 9.44. The summed E-state index contributed by atoms with van der Waals surface area (Å²) < 4.78 is 89.7. The van der Waals surface area contributed by atoms with E-state index in [1.54, 1.807) is 0 Å². The minimum atomic E-state index is -5.23. The lowest BCUT2D eigenvalue weighted by atomic mass is 9.93. The first-order valence-electron chi connectivity index (χ1n) is 5.81. The first-order valence-corrected chi connectivity index (χ1v) is 5.81. The highest BCUT2D eigenvalue weighted by Crippen LogP contribution is 2.40. The lowest BCUT2D eigenvalue weighted by Crippen LogP contribution is -2.29. The highest BCUT2D eigenvalue weighted by Gasteiger charge is 2.41. The molecule has 0 aliphatic carbocycles. The van der Waals surface area contributed by atoms with Crippen LogP contribution in [0.2, 0.25) is 0 Å². The van der Waals surface area contributed by atoms with Gasteiger partial charge in [-0.3, -0.25) is 0 Å². The van der Waals surface area contributed by atoms with Crippen LogP contribution in [0.5, 0.6) is 0 Å². The van der Waals surface area contributed by atoms with Crippen LogP contribution in [0.25, 0.3) is 0 Å². The van der Waals surface area contributed by atoms with Gasteiger partial charge in [-0.2, -0.15) is 26.3 Å². The van der Waals surface area contributed by atoms with Crippen molar-refractivity contribution in [3.63, 3.8) is 0 Å². The van der Waals surface area contributed by atoms with Crippen molar-refractivity contribution in [2.45, 2.75) is 37.8 Å². The fraction of sp³-hybridized carbons (Fsp3) is 0.500. The van der Waals surface area contributed by atoms with Crippen molar-refractivity contribution in [1.29, 1.82) is 0 Å². The Morgan fingerprint density at radius 2 is 1.62 bits per heavy atom. The van der Waals surface area contributed by atoms with Gasteiger partial charge in [0, 0.05) is 5.56 Å². The lowest BCUT2D eigenvalue weighted by Gasteiger charge is -2.23. The predicted octanol–water partition coefficient (Wildman–Crippen LogP) is 3.63. The van der Waals surface area contributed by atoms with Gasteiger partial charge in [0.15, 0.2) is 0 Å². The SMILES string of the molecule is CC[C@H](O)[C@H](N)c1c(F)cc(C(F)(F)F)cc1C(F)(F)F. The van der Waals surface area contributed by atoms with Gasteiger partial charge in [-0.1, -0.05) is 6.92 Å². The van der Waals surface area contributed by atoms with Crippen LogP contribution in [-0.4, -0.2) is 11.2 Å². The molecule has 0 unspecified atom stereocenters. The Balaban J connectivity index is 3.57. The van der Waals surface area contributed by atoms with Crippen LogP contribution in [0.1, 0.15) is 36.1 Å². The molecule has 0 aromatic heterocycles. The van der Waals surface area contributed by atoms with Gasteiger partial charge in [0.05, 0.1) is 23.3 Å². The highest BCUT2D eigenvalue weighted by molar-refractivity contribution is 5.39. The van der Waals surface area contributed by atoms with E-state index in [0.717, 1.165) is 0 Å². The van der Waals surface area contributed by atoms with Gasteiger partial charge in [0.2, 0.25) is 0 Å². The van der Waals surface area contributed by atoms with Crippen LogP contribution >= 0.6 is 0 Å². The van der Waals surface area contributed by atoms with E-state index < -0.39 is 47.0 Å². The van der Waals surface area contributed by atoms with Crippen molar-refractivity contribution in [2.24, 2.45) is 5.73 Å². The van der Waals surface area contributed by atoms with E-state index in [9.17, 15) is 35.8 Å². The summed E-state index contributed by atoms with van der Waals surface area (Å²) in [5.41, 5.74) is 0.552. The molecule has 1 rings (SSSR count). The second-order valence-electron chi connectivity index (χ2n) is 4.42. The number of nitrogens with two attached hydrogens (primary N) is 1. The summed E-state index contributed by atoms with van der Waals surface area (Å²) >= 11 is 0. The number of halogens is 7. The fourth-order valence-electron chi connectivity index (χ4n) is 1.80. The molecule has 0 heterocycles. The second-order valence-corrected chi connectivity index (χ2v) is 4.42. The van der Waals surface area contributed by atoms with Crippen LogP contribution in [0.15, 0.2) is 12.1 Å². The van der Waals surface area contributed by atoms with Crippen molar-refractivity contribution < 1.29 is 35.8 Å². The molecule has 9 heteroatoms. The summed E-state index contributed by atoms with van der Waals surface area (Å²) in [5.74, 6) is -1.75. The maximum absolute atomic E-state index is 13.7. The maximum Gasteiger partial charge on any atom is 0.416 e. The third kappa shape index (κ3) is 3.85. The molecular formula is C12H12F7NO. The molecule has 0 aliphatic heterocycles.